The molecule has 1 fully saturated rings. The van der Waals surface area contributed by atoms with Crippen molar-refractivity contribution in [3.05, 3.63) is 39.9 Å². The third-order valence-electron chi connectivity index (χ3n) is 3.38. The summed E-state index contributed by atoms with van der Waals surface area (Å²) in [4.78, 5) is 8.59. The highest BCUT2D eigenvalue weighted by Gasteiger charge is 2.18. The third-order valence-corrected chi connectivity index (χ3v) is 5.30. The molecule has 0 bridgehead atoms. The normalized spacial score (nSPS) is 14.9. The Balaban J connectivity index is 1.74. The van der Waals surface area contributed by atoms with E-state index < -0.39 is 0 Å². The van der Waals surface area contributed by atoms with Gasteiger partial charge in [0.15, 0.2) is 5.13 Å². The van der Waals surface area contributed by atoms with Crippen LogP contribution in [0.4, 0.5) is 10.8 Å². The van der Waals surface area contributed by atoms with E-state index in [4.69, 9.17) is 28.6 Å². The number of morpholine rings is 1. The van der Waals surface area contributed by atoms with Crippen LogP contribution in [-0.4, -0.2) is 36.3 Å². The maximum Gasteiger partial charge on any atom is 0.186 e. The van der Waals surface area contributed by atoms with E-state index in [1.54, 1.807) is 11.3 Å². The smallest absolute Gasteiger partial charge is 0.186 e. The Morgan fingerprint density at radius 3 is 2.68 bits per heavy atom. The van der Waals surface area contributed by atoms with Crippen molar-refractivity contribution in [2.45, 2.75) is 6.92 Å². The second-order valence-electron chi connectivity index (χ2n) is 4.97. The number of nitrogens with zero attached hydrogens (tertiary/aromatic N) is 2. The largest absolute Gasteiger partial charge is 0.378 e. The van der Waals surface area contributed by atoms with Crippen LogP contribution in [-0.2, 0) is 4.74 Å². The molecule has 0 aliphatic carbocycles. The van der Waals surface area contributed by atoms with Crippen molar-refractivity contribution >= 4 is 51.0 Å². The van der Waals surface area contributed by atoms with E-state index in [9.17, 15) is 0 Å². The van der Waals surface area contributed by atoms with Gasteiger partial charge in [0.2, 0.25) is 0 Å². The average Bonchev–Trinajstić information content (AvgIpc) is 2.92. The Morgan fingerprint density at radius 2 is 2.00 bits per heavy atom. The summed E-state index contributed by atoms with van der Waals surface area (Å²) in [6.07, 6.45) is 0. The van der Waals surface area contributed by atoms with Gasteiger partial charge in [-0.05, 0) is 31.2 Å². The molecule has 1 saturated heterocycles. The van der Waals surface area contributed by atoms with Gasteiger partial charge < -0.3 is 15.0 Å². The van der Waals surface area contributed by atoms with Crippen molar-refractivity contribution < 1.29 is 4.74 Å². The molecule has 2 aromatic rings. The van der Waals surface area contributed by atoms with Crippen molar-refractivity contribution in [1.29, 1.82) is 0 Å². The molecular weight excluding hydrogens is 338 g/mol. The summed E-state index contributed by atoms with van der Waals surface area (Å²) >= 11 is 13.0. The number of rotatable bonds is 3. The molecule has 0 radical (unpaired) electrons. The van der Waals surface area contributed by atoms with Gasteiger partial charge in [0.05, 0.1) is 23.8 Å². The van der Waals surface area contributed by atoms with Gasteiger partial charge in [-0.3, -0.25) is 0 Å². The topological polar surface area (TPSA) is 37.4 Å². The van der Waals surface area contributed by atoms with Crippen LogP contribution in [0.5, 0.6) is 0 Å². The fourth-order valence-electron chi connectivity index (χ4n) is 2.20. The fourth-order valence-corrected chi connectivity index (χ4v) is 3.73. The number of nitrogens with one attached hydrogen (secondary N) is 1. The highest BCUT2D eigenvalue weighted by molar-refractivity contribution is 7.81. The Bertz CT molecular complexity index is 666. The minimum Gasteiger partial charge on any atom is -0.378 e. The minimum absolute atomic E-state index is 0.692. The lowest BCUT2D eigenvalue weighted by Crippen LogP contribution is -2.36. The molecule has 0 atom stereocenters. The van der Waals surface area contributed by atoms with Crippen molar-refractivity contribution in [1.82, 2.24) is 4.98 Å². The van der Waals surface area contributed by atoms with E-state index in [0.29, 0.717) is 10.0 Å². The predicted octanol–water partition coefficient (Wildman–Crippen LogP) is 3.73. The number of hydrogen-bond acceptors (Lipinski definition) is 5. The van der Waals surface area contributed by atoms with Crippen LogP contribution in [0.1, 0.15) is 10.6 Å². The molecule has 7 heteroatoms. The number of halogens is 1. The molecule has 3 rings (SSSR count). The molecule has 1 aromatic carbocycles. The lowest BCUT2D eigenvalue weighted by Gasteiger charge is -2.26. The lowest BCUT2D eigenvalue weighted by molar-refractivity contribution is 0.122. The summed E-state index contributed by atoms with van der Waals surface area (Å²) in [5, 5.41) is 4.96. The van der Waals surface area contributed by atoms with Crippen LogP contribution in [0.2, 0.25) is 5.02 Å². The van der Waals surface area contributed by atoms with E-state index in [2.05, 4.69) is 15.2 Å². The Kier molecular flexibility index (Phi) is 4.93. The molecule has 116 valence electrons. The molecule has 1 aromatic heterocycles. The summed E-state index contributed by atoms with van der Waals surface area (Å²) in [5.41, 5.74) is 1.88. The van der Waals surface area contributed by atoms with Crippen molar-refractivity contribution in [3.63, 3.8) is 0 Å². The Hall–Kier alpha value is -1.21. The van der Waals surface area contributed by atoms with E-state index in [0.717, 1.165) is 47.7 Å². The molecule has 4 nitrogen and oxygen atoms in total. The standard InChI is InChI=1S/C15H16ClN3OS2/c1-10-13(14(21)18-12-4-2-11(16)3-5-12)22-15(17-10)19-6-8-20-9-7-19/h2-5H,6-9H2,1H3,(H,18,21). The van der Waals surface area contributed by atoms with Crippen LogP contribution >= 0.6 is 35.2 Å². The molecule has 0 unspecified atom stereocenters. The second kappa shape index (κ2) is 6.91. The molecule has 1 aliphatic heterocycles. The zero-order valence-corrected chi connectivity index (χ0v) is 14.5. The highest BCUT2D eigenvalue weighted by atomic mass is 35.5. The van der Waals surface area contributed by atoms with Gasteiger partial charge in [-0.25, -0.2) is 4.98 Å². The van der Waals surface area contributed by atoms with Crippen LogP contribution in [0, 0.1) is 6.92 Å². The van der Waals surface area contributed by atoms with Gasteiger partial charge >= 0.3 is 0 Å². The predicted molar refractivity (Wildman–Crippen MR) is 96.7 cm³/mol. The van der Waals surface area contributed by atoms with Crippen molar-refractivity contribution in [2.75, 3.05) is 36.5 Å². The minimum atomic E-state index is 0.692. The van der Waals surface area contributed by atoms with Gasteiger partial charge in [0, 0.05) is 23.8 Å². The van der Waals surface area contributed by atoms with E-state index >= 15 is 0 Å². The maximum absolute atomic E-state index is 5.90. The third kappa shape index (κ3) is 3.57. The molecule has 0 saturated carbocycles. The summed E-state index contributed by atoms with van der Waals surface area (Å²) in [6.45, 7) is 5.25. The van der Waals surface area contributed by atoms with Crippen molar-refractivity contribution in [2.24, 2.45) is 0 Å². The number of thiocarbonyl (C=S) groups is 1. The number of benzene rings is 1. The zero-order valence-electron chi connectivity index (χ0n) is 12.1. The first kappa shape index (κ1) is 15.7. The summed E-state index contributed by atoms with van der Waals surface area (Å²) < 4.78 is 5.38. The molecule has 1 N–H and O–H groups in total. The first-order valence-electron chi connectivity index (χ1n) is 7.00. The number of aryl methyl sites for hydroxylation is 1. The van der Waals surface area contributed by atoms with Crippen molar-refractivity contribution in [3.8, 4) is 0 Å². The highest BCUT2D eigenvalue weighted by Crippen LogP contribution is 2.28. The fraction of sp³-hybridized carbons (Fsp3) is 0.333. The summed E-state index contributed by atoms with van der Waals surface area (Å²) in [7, 11) is 0. The monoisotopic (exact) mass is 353 g/mol. The molecule has 0 amide bonds. The number of ether oxygens (including phenoxy) is 1. The Labute approximate surface area is 144 Å². The molecular formula is C15H16ClN3OS2. The maximum atomic E-state index is 5.90. The number of aromatic nitrogens is 1. The zero-order chi connectivity index (χ0) is 15.5. The molecule has 1 aliphatic rings. The van der Waals surface area contributed by atoms with Gasteiger partial charge in [0.1, 0.15) is 4.99 Å². The number of anilines is 2. The van der Waals surface area contributed by atoms with E-state index in [1.807, 2.05) is 31.2 Å². The second-order valence-corrected chi connectivity index (χ2v) is 6.79. The first-order chi connectivity index (χ1) is 10.6. The Morgan fingerprint density at radius 1 is 1.32 bits per heavy atom. The van der Waals surface area contributed by atoms with Gasteiger partial charge in [-0.2, -0.15) is 0 Å². The summed E-state index contributed by atoms with van der Waals surface area (Å²) in [6, 6.07) is 7.50. The van der Waals surface area contributed by atoms with Crippen LogP contribution < -0.4 is 10.2 Å². The first-order valence-corrected chi connectivity index (χ1v) is 8.61. The number of hydrogen-bond donors (Lipinski definition) is 1. The van der Waals surface area contributed by atoms with E-state index in [1.165, 1.54) is 0 Å². The van der Waals surface area contributed by atoms with Gasteiger partial charge in [-0.1, -0.05) is 35.2 Å². The van der Waals surface area contributed by atoms with Crippen LogP contribution in [0.3, 0.4) is 0 Å². The quantitative estimate of drug-likeness (QED) is 0.851. The van der Waals surface area contributed by atoms with Gasteiger partial charge in [-0.15, -0.1) is 0 Å². The molecule has 2 heterocycles. The molecule has 22 heavy (non-hydrogen) atoms. The average molecular weight is 354 g/mol. The van der Waals surface area contributed by atoms with Crippen LogP contribution in [0.15, 0.2) is 24.3 Å². The molecule has 0 spiro atoms. The van der Waals surface area contributed by atoms with Gasteiger partial charge in [0.25, 0.3) is 0 Å². The number of thiazole rings is 1. The summed E-state index contributed by atoms with van der Waals surface area (Å²) in [5.74, 6) is 0. The van der Waals surface area contributed by atoms with Crippen LogP contribution in [0.25, 0.3) is 0 Å². The SMILES string of the molecule is Cc1nc(N2CCOCC2)sc1C(=S)Nc1ccc(Cl)cc1. The lowest BCUT2D eigenvalue weighted by atomic mass is 10.3. The van der Waals surface area contributed by atoms with E-state index in [-0.39, 0.29) is 0 Å².